The molecule has 1 spiro atoms. The van der Waals surface area contributed by atoms with Crippen molar-refractivity contribution in [1.29, 1.82) is 0 Å². The molecular formula is C17H23F3IN3O3. The molecule has 3 rings (SSSR count). The summed E-state index contributed by atoms with van der Waals surface area (Å²) in [6, 6.07) is 5.25. The van der Waals surface area contributed by atoms with Crippen LogP contribution < -0.4 is 15.8 Å². The molecule has 1 aromatic carbocycles. The maximum atomic E-state index is 12.1. The van der Waals surface area contributed by atoms with Crippen LogP contribution in [0, 0.1) is 0 Å². The van der Waals surface area contributed by atoms with Crippen LogP contribution in [0.25, 0.3) is 0 Å². The van der Waals surface area contributed by atoms with E-state index in [2.05, 4.69) is 15.0 Å². The molecule has 6 nitrogen and oxygen atoms in total. The summed E-state index contributed by atoms with van der Waals surface area (Å²) >= 11 is 0. The highest BCUT2D eigenvalue weighted by atomic mass is 127. The highest BCUT2D eigenvalue weighted by Crippen LogP contribution is 2.37. The van der Waals surface area contributed by atoms with Gasteiger partial charge in [0, 0.05) is 18.5 Å². The second kappa shape index (κ2) is 9.28. The molecule has 1 unspecified atom stereocenters. The van der Waals surface area contributed by atoms with Gasteiger partial charge < -0.3 is 25.3 Å². The zero-order chi connectivity index (χ0) is 18.6. The van der Waals surface area contributed by atoms with Gasteiger partial charge in [-0.1, -0.05) is 6.42 Å². The molecule has 1 aliphatic heterocycles. The van der Waals surface area contributed by atoms with Crippen LogP contribution in [0.5, 0.6) is 5.75 Å². The molecule has 0 amide bonds. The number of nitrogens with zero attached hydrogens (tertiary/aromatic N) is 1. The first-order valence-electron chi connectivity index (χ1n) is 8.58. The average Bonchev–Trinajstić information content (AvgIpc) is 2.97. The van der Waals surface area contributed by atoms with Crippen molar-refractivity contribution in [2.24, 2.45) is 10.7 Å². The Kier molecular flexibility index (Phi) is 7.57. The third-order valence-electron chi connectivity index (χ3n) is 4.35. The van der Waals surface area contributed by atoms with Crippen LogP contribution >= 0.6 is 24.0 Å². The van der Waals surface area contributed by atoms with Gasteiger partial charge in [-0.2, -0.15) is 0 Å². The molecule has 10 heteroatoms. The monoisotopic (exact) mass is 501 g/mol. The van der Waals surface area contributed by atoms with Gasteiger partial charge in [0.2, 0.25) is 0 Å². The van der Waals surface area contributed by atoms with E-state index in [9.17, 15) is 13.2 Å². The van der Waals surface area contributed by atoms with Gasteiger partial charge in [-0.3, -0.25) is 4.99 Å². The number of aliphatic imine (C=N–C) groups is 1. The van der Waals surface area contributed by atoms with Crippen molar-refractivity contribution in [2.45, 2.75) is 50.4 Å². The van der Waals surface area contributed by atoms with Crippen molar-refractivity contribution in [3.8, 4) is 5.75 Å². The van der Waals surface area contributed by atoms with Gasteiger partial charge in [0.25, 0.3) is 0 Å². The third-order valence-corrected chi connectivity index (χ3v) is 4.35. The van der Waals surface area contributed by atoms with Crippen molar-refractivity contribution in [3.63, 3.8) is 0 Å². The number of halogens is 4. The van der Waals surface area contributed by atoms with Gasteiger partial charge in [-0.05, 0) is 37.1 Å². The molecule has 1 saturated carbocycles. The lowest BCUT2D eigenvalue weighted by molar-refractivity contribution is -0.274. The molecule has 0 aromatic heterocycles. The van der Waals surface area contributed by atoms with E-state index in [1.54, 1.807) is 0 Å². The predicted molar refractivity (Wildman–Crippen MR) is 105 cm³/mol. The summed E-state index contributed by atoms with van der Waals surface area (Å²) in [6.45, 7) is 0.843. The van der Waals surface area contributed by atoms with Crippen LogP contribution in [0.1, 0.15) is 32.1 Å². The van der Waals surface area contributed by atoms with Gasteiger partial charge in [0.05, 0.1) is 13.2 Å². The van der Waals surface area contributed by atoms with Crippen molar-refractivity contribution >= 4 is 35.6 Å². The normalized spacial score (nSPS) is 22.3. The smallest absolute Gasteiger partial charge is 0.406 e. The molecule has 152 valence electrons. The number of hydrogen-bond donors (Lipinski definition) is 2. The summed E-state index contributed by atoms with van der Waals surface area (Å²) in [7, 11) is 0. The van der Waals surface area contributed by atoms with Gasteiger partial charge in [0.15, 0.2) is 11.7 Å². The molecule has 0 radical (unpaired) electrons. The Morgan fingerprint density at radius 2 is 1.89 bits per heavy atom. The van der Waals surface area contributed by atoms with E-state index >= 15 is 0 Å². The highest BCUT2D eigenvalue weighted by Gasteiger charge is 2.42. The first-order chi connectivity index (χ1) is 12.3. The molecule has 1 atom stereocenters. The first-order valence-corrected chi connectivity index (χ1v) is 8.58. The van der Waals surface area contributed by atoms with E-state index < -0.39 is 12.1 Å². The average molecular weight is 501 g/mol. The molecule has 3 N–H and O–H groups in total. The van der Waals surface area contributed by atoms with E-state index in [1.807, 2.05) is 0 Å². The van der Waals surface area contributed by atoms with Gasteiger partial charge in [-0.25, -0.2) is 0 Å². The number of rotatable bonds is 4. The summed E-state index contributed by atoms with van der Waals surface area (Å²) in [5.74, 6) is -0.592. The van der Waals surface area contributed by atoms with Gasteiger partial charge >= 0.3 is 6.36 Å². The Labute approximate surface area is 172 Å². The van der Waals surface area contributed by atoms with Crippen molar-refractivity contribution in [3.05, 3.63) is 24.3 Å². The third kappa shape index (κ3) is 6.68. The van der Waals surface area contributed by atoms with E-state index in [0.29, 0.717) is 18.8 Å². The van der Waals surface area contributed by atoms with Gasteiger partial charge in [0.1, 0.15) is 11.9 Å². The van der Waals surface area contributed by atoms with E-state index in [1.165, 1.54) is 30.7 Å². The fraction of sp³-hybridized carbons (Fsp3) is 0.588. The number of anilines is 1. The minimum absolute atomic E-state index is 0. The molecule has 2 aliphatic rings. The van der Waals surface area contributed by atoms with E-state index in [4.69, 9.17) is 15.2 Å². The molecular weight excluding hydrogens is 478 g/mol. The predicted octanol–water partition coefficient (Wildman–Crippen LogP) is 4.01. The summed E-state index contributed by atoms with van der Waals surface area (Å²) in [5, 5.41) is 2.82. The van der Waals surface area contributed by atoms with Crippen molar-refractivity contribution < 1.29 is 27.4 Å². The maximum absolute atomic E-state index is 12.1. The zero-order valence-corrected chi connectivity index (χ0v) is 17.0. The van der Waals surface area contributed by atoms with Crippen LogP contribution in [-0.4, -0.2) is 37.4 Å². The summed E-state index contributed by atoms with van der Waals surface area (Å²) in [5.41, 5.74) is 6.33. The lowest BCUT2D eigenvalue weighted by atomic mass is 9.94. The van der Waals surface area contributed by atoms with Crippen LogP contribution in [0.15, 0.2) is 29.3 Å². The number of nitrogens with one attached hydrogen (secondary N) is 1. The number of hydrogen-bond acceptors (Lipinski definition) is 4. The number of benzene rings is 1. The molecule has 27 heavy (non-hydrogen) atoms. The minimum Gasteiger partial charge on any atom is -0.406 e. The molecule has 2 fully saturated rings. The maximum Gasteiger partial charge on any atom is 0.573 e. The molecule has 1 saturated heterocycles. The Morgan fingerprint density at radius 1 is 1.22 bits per heavy atom. The summed E-state index contributed by atoms with van der Waals surface area (Å²) < 4.78 is 52.1. The Morgan fingerprint density at radius 3 is 2.52 bits per heavy atom. The molecule has 1 heterocycles. The van der Waals surface area contributed by atoms with E-state index in [0.717, 1.165) is 25.7 Å². The zero-order valence-electron chi connectivity index (χ0n) is 14.6. The number of alkyl halides is 3. The second-order valence-corrected chi connectivity index (χ2v) is 6.45. The fourth-order valence-corrected chi connectivity index (χ4v) is 3.19. The van der Waals surface area contributed by atoms with Gasteiger partial charge in [-0.15, -0.1) is 37.1 Å². The number of nitrogens with two attached hydrogens (primary N) is 1. The number of ether oxygens (including phenoxy) is 3. The minimum atomic E-state index is -4.71. The second-order valence-electron chi connectivity index (χ2n) is 6.45. The SMILES string of the molecule is I.NC(=NCC1COC2(CCCCC2)O1)Nc1ccc(OC(F)(F)F)cc1. The first kappa shape index (κ1) is 22.0. The van der Waals surface area contributed by atoms with E-state index in [-0.39, 0.29) is 41.8 Å². The Balaban J connectivity index is 0.00000261. The lowest BCUT2D eigenvalue weighted by Crippen LogP contribution is -2.34. The largest absolute Gasteiger partial charge is 0.573 e. The topological polar surface area (TPSA) is 78.1 Å². The Hall–Kier alpha value is -1.27. The lowest BCUT2D eigenvalue weighted by Gasteiger charge is -2.31. The molecule has 1 aromatic rings. The number of guanidine groups is 1. The van der Waals surface area contributed by atoms with Crippen molar-refractivity contribution in [1.82, 2.24) is 0 Å². The van der Waals surface area contributed by atoms with Crippen LogP contribution in [0.4, 0.5) is 18.9 Å². The highest BCUT2D eigenvalue weighted by molar-refractivity contribution is 14.0. The summed E-state index contributed by atoms with van der Waals surface area (Å²) in [4.78, 5) is 4.23. The fourth-order valence-electron chi connectivity index (χ4n) is 3.19. The van der Waals surface area contributed by atoms with Crippen molar-refractivity contribution in [2.75, 3.05) is 18.5 Å². The molecule has 1 aliphatic carbocycles. The Bertz CT molecular complexity index is 635. The van der Waals surface area contributed by atoms with Crippen LogP contribution in [-0.2, 0) is 9.47 Å². The standard InChI is InChI=1S/C17H22F3N3O3.HI/c18-17(19,20)26-13-6-4-12(5-7-13)23-15(21)22-10-14-11-24-16(25-14)8-2-1-3-9-16;/h4-7,14H,1-3,8-11H2,(H3,21,22,23);1H. The quantitative estimate of drug-likeness (QED) is 0.371. The van der Waals surface area contributed by atoms with Crippen LogP contribution in [0.3, 0.4) is 0 Å². The molecule has 0 bridgehead atoms. The summed E-state index contributed by atoms with van der Waals surface area (Å²) in [6.07, 6.45) is 0.383. The van der Waals surface area contributed by atoms with Crippen LogP contribution in [0.2, 0.25) is 0 Å².